The Kier molecular flexibility index (Phi) is 4.51. The molecule has 1 aromatic heterocycles. The lowest BCUT2D eigenvalue weighted by Crippen LogP contribution is -2.04. The van der Waals surface area contributed by atoms with Gasteiger partial charge in [0.1, 0.15) is 5.82 Å². The molecule has 23 heavy (non-hydrogen) atoms. The highest BCUT2D eigenvalue weighted by atomic mass is 16.5. The van der Waals surface area contributed by atoms with Gasteiger partial charge in [-0.3, -0.25) is 0 Å². The summed E-state index contributed by atoms with van der Waals surface area (Å²) in [6, 6.07) is 14.3. The third-order valence-electron chi connectivity index (χ3n) is 3.99. The Morgan fingerprint density at radius 3 is 2.52 bits per heavy atom. The summed E-state index contributed by atoms with van der Waals surface area (Å²) in [5.74, 6) is 2.58. The molecule has 4 heteroatoms. The molecule has 3 rings (SSSR count). The number of methoxy groups -OCH3 is 2. The van der Waals surface area contributed by atoms with Gasteiger partial charge < -0.3 is 14.0 Å². The van der Waals surface area contributed by atoms with Crippen molar-refractivity contribution in [1.82, 2.24) is 9.55 Å². The van der Waals surface area contributed by atoms with Crippen molar-refractivity contribution in [1.29, 1.82) is 0 Å². The van der Waals surface area contributed by atoms with E-state index in [1.165, 1.54) is 5.52 Å². The molecule has 0 atom stereocenters. The predicted octanol–water partition coefficient (Wildman–Crippen LogP) is 4.05. The van der Waals surface area contributed by atoms with Crippen LogP contribution in [-0.4, -0.2) is 23.8 Å². The van der Waals surface area contributed by atoms with Crippen molar-refractivity contribution in [2.24, 2.45) is 0 Å². The molecule has 2 aromatic carbocycles. The predicted molar refractivity (Wildman–Crippen MR) is 92.4 cm³/mol. The molecule has 0 radical (unpaired) electrons. The molecule has 0 spiro atoms. The highest BCUT2D eigenvalue weighted by Gasteiger charge is 2.12. The first kappa shape index (κ1) is 15.4. The number of rotatable bonds is 6. The topological polar surface area (TPSA) is 36.3 Å². The Balaban J connectivity index is 1.99. The molecule has 0 amide bonds. The average Bonchev–Trinajstić information content (AvgIpc) is 2.92. The van der Waals surface area contributed by atoms with Crippen molar-refractivity contribution in [2.75, 3.05) is 14.2 Å². The Morgan fingerprint density at radius 2 is 1.78 bits per heavy atom. The van der Waals surface area contributed by atoms with Crippen LogP contribution in [0.1, 0.15) is 24.7 Å². The van der Waals surface area contributed by atoms with Gasteiger partial charge in [-0.25, -0.2) is 4.98 Å². The number of aryl methyl sites for hydroxylation is 1. The second-order valence-corrected chi connectivity index (χ2v) is 5.53. The quantitative estimate of drug-likeness (QED) is 0.689. The number of aromatic nitrogens is 2. The third-order valence-corrected chi connectivity index (χ3v) is 3.99. The molecule has 0 saturated carbocycles. The molecule has 0 saturated heterocycles. The fourth-order valence-corrected chi connectivity index (χ4v) is 2.91. The summed E-state index contributed by atoms with van der Waals surface area (Å²) < 4.78 is 13.0. The third kappa shape index (κ3) is 3.02. The SMILES string of the molecule is CCCn1c(Cc2ccc(OC)c(OC)c2)nc2ccccc21. The molecule has 4 nitrogen and oxygen atoms in total. The Hall–Kier alpha value is -2.49. The zero-order chi connectivity index (χ0) is 16.2. The van der Waals surface area contributed by atoms with Gasteiger partial charge in [0, 0.05) is 13.0 Å². The highest BCUT2D eigenvalue weighted by Crippen LogP contribution is 2.29. The molecule has 0 bridgehead atoms. The summed E-state index contributed by atoms with van der Waals surface area (Å²) in [6.07, 6.45) is 1.86. The van der Waals surface area contributed by atoms with Gasteiger partial charge in [0.05, 0.1) is 25.3 Å². The van der Waals surface area contributed by atoms with Gasteiger partial charge in [-0.2, -0.15) is 0 Å². The van der Waals surface area contributed by atoms with E-state index in [9.17, 15) is 0 Å². The Bertz CT molecular complexity index is 808. The van der Waals surface area contributed by atoms with Gasteiger partial charge in [0.2, 0.25) is 0 Å². The highest BCUT2D eigenvalue weighted by molar-refractivity contribution is 5.76. The van der Waals surface area contributed by atoms with E-state index in [0.29, 0.717) is 0 Å². The van der Waals surface area contributed by atoms with Crippen LogP contribution in [0.25, 0.3) is 11.0 Å². The molecule has 0 fully saturated rings. The maximum atomic E-state index is 5.40. The fraction of sp³-hybridized carbons (Fsp3) is 0.316. The van der Waals surface area contributed by atoms with Crippen molar-refractivity contribution in [3.05, 3.63) is 53.9 Å². The van der Waals surface area contributed by atoms with Crippen molar-refractivity contribution in [3.8, 4) is 11.5 Å². The lowest BCUT2D eigenvalue weighted by molar-refractivity contribution is 0.354. The van der Waals surface area contributed by atoms with Crippen LogP contribution in [0, 0.1) is 0 Å². The molecule has 0 N–H and O–H groups in total. The van der Waals surface area contributed by atoms with E-state index in [1.54, 1.807) is 14.2 Å². The number of ether oxygens (including phenoxy) is 2. The minimum absolute atomic E-state index is 0.748. The maximum Gasteiger partial charge on any atom is 0.161 e. The lowest BCUT2D eigenvalue weighted by atomic mass is 10.1. The number of para-hydroxylation sites is 2. The second-order valence-electron chi connectivity index (χ2n) is 5.53. The van der Waals surface area contributed by atoms with Gasteiger partial charge >= 0.3 is 0 Å². The lowest BCUT2D eigenvalue weighted by Gasteiger charge is -2.11. The first-order chi connectivity index (χ1) is 11.3. The van der Waals surface area contributed by atoms with Crippen LogP contribution < -0.4 is 9.47 Å². The number of nitrogens with zero attached hydrogens (tertiary/aromatic N) is 2. The fourth-order valence-electron chi connectivity index (χ4n) is 2.91. The van der Waals surface area contributed by atoms with Gasteiger partial charge in [-0.1, -0.05) is 25.1 Å². The van der Waals surface area contributed by atoms with E-state index < -0.39 is 0 Å². The standard InChI is InChI=1S/C19H22N2O2/c1-4-11-21-16-8-6-5-7-15(16)20-19(21)13-14-9-10-17(22-2)18(12-14)23-3/h5-10,12H,4,11,13H2,1-3H3. The van der Waals surface area contributed by atoms with E-state index >= 15 is 0 Å². The molecular formula is C19H22N2O2. The summed E-state index contributed by atoms with van der Waals surface area (Å²) in [5, 5.41) is 0. The van der Waals surface area contributed by atoms with Crippen LogP contribution in [0.4, 0.5) is 0 Å². The second kappa shape index (κ2) is 6.73. The van der Waals surface area contributed by atoms with Crippen molar-refractivity contribution < 1.29 is 9.47 Å². The molecule has 0 unspecified atom stereocenters. The van der Waals surface area contributed by atoms with E-state index in [2.05, 4.69) is 35.8 Å². The summed E-state index contributed by atoms with van der Waals surface area (Å²) in [7, 11) is 3.31. The van der Waals surface area contributed by atoms with E-state index in [-0.39, 0.29) is 0 Å². The van der Waals surface area contributed by atoms with Gasteiger partial charge in [0.15, 0.2) is 11.5 Å². The van der Waals surface area contributed by atoms with Crippen molar-refractivity contribution in [2.45, 2.75) is 26.3 Å². The molecule has 3 aromatic rings. The number of benzene rings is 2. The van der Waals surface area contributed by atoms with E-state index in [1.807, 2.05) is 18.2 Å². The van der Waals surface area contributed by atoms with Crippen LogP contribution in [0.5, 0.6) is 11.5 Å². The van der Waals surface area contributed by atoms with Crippen LogP contribution in [0.3, 0.4) is 0 Å². The Labute approximate surface area is 136 Å². The van der Waals surface area contributed by atoms with Crippen LogP contribution in [0.2, 0.25) is 0 Å². The van der Waals surface area contributed by atoms with E-state index in [4.69, 9.17) is 14.5 Å². The summed E-state index contributed by atoms with van der Waals surface area (Å²) in [5.41, 5.74) is 3.41. The first-order valence-corrected chi connectivity index (χ1v) is 7.91. The van der Waals surface area contributed by atoms with Crippen LogP contribution >= 0.6 is 0 Å². The largest absolute Gasteiger partial charge is 0.493 e. The first-order valence-electron chi connectivity index (χ1n) is 7.91. The zero-order valence-electron chi connectivity index (χ0n) is 13.9. The number of hydrogen-bond donors (Lipinski definition) is 0. The number of imidazole rings is 1. The minimum Gasteiger partial charge on any atom is -0.493 e. The molecule has 0 aliphatic heterocycles. The summed E-state index contributed by atoms with van der Waals surface area (Å²) >= 11 is 0. The zero-order valence-corrected chi connectivity index (χ0v) is 13.9. The molecule has 1 heterocycles. The summed E-state index contributed by atoms with van der Waals surface area (Å²) in [4.78, 5) is 4.82. The average molecular weight is 310 g/mol. The van der Waals surface area contributed by atoms with Crippen molar-refractivity contribution in [3.63, 3.8) is 0 Å². The normalized spacial score (nSPS) is 10.9. The van der Waals surface area contributed by atoms with Gasteiger partial charge in [-0.05, 0) is 36.2 Å². The van der Waals surface area contributed by atoms with Gasteiger partial charge in [0.25, 0.3) is 0 Å². The molecule has 0 aliphatic carbocycles. The Morgan fingerprint density at radius 1 is 1.00 bits per heavy atom. The minimum atomic E-state index is 0.748. The maximum absolute atomic E-state index is 5.40. The van der Waals surface area contributed by atoms with Gasteiger partial charge in [-0.15, -0.1) is 0 Å². The number of fused-ring (bicyclic) bond motifs is 1. The summed E-state index contributed by atoms with van der Waals surface area (Å²) in [6.45, 7) is 3.16. The van der Waals surface area contributed by atoms with E-state index in [0.717, 1.165) is 47.8 Å². The molecule has 120 valence electrons. The van der Waals surface area contributed by atoms with Crippen molar-refractivity contribution >= 4 is 11.0 Å². The monoisotopic (exact) mass is 310 g/mol. The van der Waals surface area contributed by atoms with Crippen LogP contribution in [-0.2, 0) is 13.0 Å². The molecule has 0 aliphatic rings. The van der Waals surface area contributed by atoms with Crippen LogP contribution in [0.15, 0.2) is 42.5 Å². The number of hydrogen-bond acceptors (Lipinski definition) is 3. The smallest absolute Gasteiger partial charge is 0.161 e. The molecular weight excluding hydrogens is 288 g/mol.